The Morgan fingerprint density at radius 2 is 1.90 bits per heavy atom. The molecule has 2 amide bonds. The number of benzene rings is 1. The molecule has 0 atom stereocenters. The molecule has 0 saturated carbocycles. The van der Waals surface area contributed by atoms with Crippen LogP contribution in [0.3, 0.4) is 0 Å². The van der Waals surface area contributed by atoms with Gasteiger partial charge < -0.3 is 20.1 Å². The Labute approximate surface area is 187 Å². The first kappa shape index (κ1) is 20.3. The first-order chi connectivity index (χ1) is 15.0. The molecule has 0 unspecified atom stereocenters. The molecule has 4 heterocycles. The van der Waals surface area contributed by atoms with Crippen LogP contribution in [0.4, 0.5) is 5.69 Å². The van der Waals surface area contributed by atoms with Crippen LogP contribution in [0.15, 0.2) is 18.2 Å². The molecule has 0 radical (unpaired) electrons. The number of nitrogens with zero attached hydrogens (tertiary/aromatic N) is 2. The molecule has 3 aliphatic rings. The van der Waals surface area contributed by atoms with E-state index in [2.05, 4.69) is 15.2 Å². The number of piperidine rings is 1. The van der Waals surface area contributed by atoms with E-state index in [0.717, 1.165) is 72.9 Å². The van der Waals surface area contributed by atoms with E-state index in [4.69, 9.17) is 11.6 Å². The van der Waals surface area contributed by atoms with Crippen LogP contribution in [-0.4, -0.2) is 59.3 Å². The molecule has 1 aromatic carbocycles. The van der Waals surface area contributed by atoms with Crippen molar-refractivity contribution in [3.05, 3.63) is 51.3 Å². The largest absolute Gasteiger partial charge is 0.358 e. The molecule has 6 nitrogen and oxygen atoms in total. The predicted molar refractivity (Wildman–Crippen MR) is 123 cm³/mol. The highest BCUT2D eigenvalue weighted by atomic mass is 35.5. The Kier molecular flexibility index (Phi) is 5.36. The van der Waals surface area contributed by atoms with E-state index < -0.39 is 0 Å². The molecular weight excluding hydrogens is 412 g/mol. The maximum atomic E-state index is 13.2. The first-order valence-corrected chi connectivity index (χ1v) is 11.4. The fourth-order valence-electron chi connectivity index (χ4n) is 4.91. The number of fused-ring (bicyclic) bond motifs is 2. The molecular formula is C24H27ClN4O2. The maximum Gasteiger partial charge on any atom is 0.256 e. The number of aromatic amines is 1. The van der Waals surface area contributed by atoms with Crippen LogP contribution in [0.2, 0.25) is 5.02 Å². The van der Waals surface area contributed by atoms with Gasteiger partial charge in [0.15, 0.2) is 0 Å². The molecule has 7 heteroatoms. The van der Waals surface area contributed by atoms with Gasteiger partial charge in [-0.15, -0.1) is 0 Å². The minimum atomic E-state index is -0.154. The van der Waals surface area contributed by atoms with Crippen molar-refractivity contribution in [2.45, 2.75) is 32.6 Å². The lowest BCUT2D eigenvalue weighted by molar-refractivity contribution is -0.110. The summed E-state index contributed by atoms with van der Waals surface area (Å²) in [4.78, 5) is 33.6. The molecule has 0 aliphatic carbocycles. The minimum absolute atomic E-state index is 0.0935. The number of carbonyl (C=O) groups is 2. The number of carbonyl (C=O) groups excluding carboxylic acids is 2. The SMILES string of the molecule is Cc1c(C=C2C(=O)Nc3ccc(Cl)cc32)[nH]c2c1C(=O)N(CCN1CCCCC1)CC2. The lowest BCUT2D eigenvalue weighted by Crippen LogP contribution is -2.43. The topological polar surface area (TPSA) is 68.4 Å². The van der Waals surface area contributed by atoms with E-state index in [9.17, 15) is 9.59 Å². The fraction of sp³-hybridized carbons (Fsp3) is 0.417. The van der Waals surface area contributed by atoms with Crippen LogP contribution in [0.25, 0.3) is 11.6 Å². The van der Waals surface area contributed by atoms with Crippen LogP contribution in [0.5, 0.6) is 0 Å². The first-order valence-electron chi connectivity index (χ1n) is 11.1. The number of halogens is 1. The second-order valence-electron chi connectivity index (χ2n) is 8.66. The molecule has 0 bridgehead atoms. The number of aromatic nitrogens is 1. The Morgan fingerprint density at radius 1 is 1.10 bits per heavy atom. The van der Waals surface area contributed by atoms with Gasteiger partial charge in [0.05, 0.1) is 11.1 Å². The highest BCUT2D eigenvalue weighted by Crippen LogP contribution is 2.36. The zero-order valence-corrected chi connectivity index (χ0v) is 18.5. The Hall–Kier alpha value is -2.57. The van der Waals surface area contributed by atoms with Crippen molar-refractivity contribution in [2.75, 3.05) is 38.0 Å². The summed E-state index contributed by atoms with van der Waals surface area (Å²) in [5.74, 6) is -0.0605. The van der Waals surface area contributed by atoms with Gasteiger partial charge >= 0.3 is 0 Å². The van der Waals surface area contributed by atoms with Gasteiger partial charge in [0.25, 0.3) is 11.8 Å². The van der Waals surface area contributed by atoms with Crippen molar-refractivity contribution >= 4 is 40.8 Å². The molecule has 162 valence electrons. The smallest absolute Gasteiger partial charge is 0.256 e. The van der Waals surface area contributed by atoms with Crippen LogP contribution < -0.4 is 5.32 Å². The summed E-state index contributed by atoms with van der Waals surface area (Å²) in [5.41, 5.74) is 5.56. The van der Waals surface area contributed by atoms with Crippen LogP contribution in [0.1, 0.15) is 52.1 Å². The quantitative estimate of drug-likeness (QED) is 0.710. The maximum absolute atomic E-state index is 13.2. The van der Waals surface area contributed by atoms with E-state index in [0.29, 0.717) is 10.6 Å². The summed E-state index contributed by atoms with van der Waals surface area (Å²) in [6.07, 6.45) is 6.48. The van der Waals surface area contributed by atoms with Gasteiger partial charge in [-0.2, -0.15) is 0 Å². The Morgan fingerprint density at radius 3 is 2.71 bits per heavy atom. The predicted octanol–water partition coefficient (Wildman–Crippen LogP) is 3.95. The summed E-state index contributed by atoms with van der Waals surface area (Å²) >= 11 is 6.15. The third-order valence-corrected chi connectivity index (χ3v) is 6.92. The lowest BCUT2D eigenvalue weighted by Gasteiger charge is -2.32. The normalized spacial score (nSPS) is 20.2. The number of rotatable bonds is 4. The van der Waals surface area contributed by atoms with Crippen molar-refractivity contribution in [3.8, 4) is 0 Å². The molecule has 5 rings (SSSR count). The van der Waals surface area contributed by atoms with Gasteiger partial charge in [-0.1, -0.05) is 18.0 Å². The van der Waals surface area contributed by atoms with E-state index >= 15 is 0 Å². The molecule has 1 fully saturated rings. The average molecular weight is 439 g/mol. The van der Waals surface area contributed by atoms with Gasteiger partial charge in [0.1, 0.15) is 0 Å². The van der Waals surface area contributed by atoms with E-state index in [1.54, 1.807) is 12.1 Å². The number of amides is 2. The summed E-state index contributed by atoms with van der Waals surface area (Å²) in [6, 6.07) is 5.37. The van der Waals surface area contributed by atoms with E-state index in [1.807, 2.05) is 24.0 Å². The van der Waals surface area contributed by atoms with Crippen molar-refractivity contribution in [2.24, 2.45) is 0 Å². The van der Waals surface area contributed by atoms with Gasteiger partial charge in [-0.25, -0.2) is 0 Å². The fourth-order valence-corrected chi connectivity index (χ4v) is 5.09. The van der Waals surface area contributed by atoms with E-state index in [-0.39, 0.29) is 11.8 Å². The molecule has 31 heavy (non-hydrogen) atoms. The Balaban J connectivity index is 1.39. The third-order valence-electron chi connectivity index (χ3n) is 6.69. The standard InChI is InChI=1S/C24H27ClN4O2/c1-15-21(14-18-17-13-16(25)5-6-19(17)27-23(18)30)26-20-7-10-29(24(31)22(15)20)12-11-28-8-3-2-4-9-28/h5-6,13-14,26H,2-4,7-12H2,1H3,(H,27,30). The van der Waals surface area contributed by atoms with Crippen molar-refractivity contribution in [1.82, 2.24) is 14.8 Å². The van der Waals surface area contributed by atoms with Crippen molar-refractivity contribution < 1.29 is 9.59 Å². The number of nitrogens with one attached hydrogen (secondary N) is 2. The third kappa shape index (κ3) is 3.79. The molecule has 2 aromatic rings. The zero-order chi connectivity index (χ0) is 21.5. The highest BCUT2D eigenvalue weighted by molar-refractivity contribution is 6.36. The number of anilines is 1. The monoisotopic (exact) mass is 438 g/mol. The second kappa shape index (κ2) is 8.17. The number of hydrogen-bond donors (Lipinski definition) is 2. The van der Waals surface area contributed by atoms with Crippen LogP contribution in [-0.2, 0) is 11.2 Å². The summed E-state index contributed by atoms with van der Waals surface area (Å²) in [6.45, 7) is 6.68. The molecule has 0 spiro atoms. The molecule has 3 aliphatic heterocycles. The van der Waals surface area contributed by atoms with Crippen molar-refractivity contribution in [1.29, 1.82) is 0 Å². The summed E-state index contributed by atoms with van der Waals surface area (Å²) < 4.78 is 0. The zero-order valence-electron chi connectivity index (χ0n) is 17.8. The highest BCUT2D eigenvalue weighted by Gasteiger charge is 2.30. The summed E-state index contributed by atoms with van der Waals surface area (Å²) in [7, 11) is 0. The average Bonchev–Trinajstić information content (AvgIpc) is 3.25. The summed E-state index contributed by atoms with van der Waals surface area (Å²) in [5, 5.41) is 3.47. The minimum Gasteiger partial charge on any atom is -0.358 e. The second-order valence-corrected chi connectivity index (χ2v) is 9.10. The van der Waals surface area contributed by atoms with Gasteiger partial charge in [-0.05, 0) is 62.7 Å². The molecule has 1 saturated heterocycles. The van der Waals surface area contributed by atoms with Gasteiger partial charge in [-0.3, -0.25) is 9.59 Å². The number of likely N-dealkylation sites (tertiary alicyclic amines) is 1. The molecule has 2 N–H and O–H groups in total. The number of H-pyrrole nitrogens is 1. The van der Waals surface area contributed by atoms with Gasteiger partial charge in [0, 0.05) is 53.7 Å². The van der Waals surface area contributed by atoms with E-state index in [1.165, 1.54) is 19.3 Å². The Bertz CT molecular complexity index is 1080. The van der Waals surface area contributed by atoms with Crippen LogP contribution in [0, 0.1) is 6.92 Å². The molecule has 1 aromatic heterocycles. The van der Waals surface area contributed by atoms with Crippen LogP contribution >= 0.6 is 11.6 Å². The number of hydrogen-bond acceptors (Lipinski definition) is 3. The van der Waals surface area contributed by atoms with Gasteiger partial charge in [0.2, 0.25) is 0 Å². The lowest BCUT2D eigenvalue weighted by atomic mass is 10.0. The van der Waals surface area contributed by atoms with Crippen molar-refractivity contribution in [3.63, 3.8) is 0 Å².